The molecule has 3 rings (SSSR count). The van der Waals surface area contributed by atoms with Crippen molar-refractivity contribution in [1.29, 1.82) is 0 Å². The summed E-state index contributed by atoms with van der Waals surface area (Å²) in [6.45, 7) is 0. The summed E-state index contributed by atoms with van der Waals surface area (Å²) in [6.07, 6.45) is 1.41. The number of oxazole rings is 1. The Kier molecular flexibility index (Phi) is 4.62. The van der Waals surface area contributed by atoms with Gasteiger partial charge in [0.2, 0.25) is 5.89 Å². The minimum absolute atomic E-state index is 0.116. The van der Waals surface area contributed by atoms with Crippen LogP contribution < -0.4 is 0 Å². The molecule has 0 amide bonds. The Morgan fingerprint density at radius 2 is 1.74 bits per heavy atom. The van der Waals surface area contributed by atoms with Crippen molar-refractivity contribution in [1.82, 2.24) is 4.98 Å². The summed E-state index contributed by atoms with van der Waals surface area (Å²) >= 11 is 0. The standard InChI is InChI=1S/C17H13F2NO2S/c18-14-7-5-12(6-8-14)17-20-15(9-22-17)11-23(21)10-13-3-1-2-4-16(13)19/h1-9H,10-11H2/t23-/m1/s1. The zero-order valence-electron chi connectivity index (χ0n) is 12.0. The number of hydrogen-bond donors (Lipinski definition) is 0. The lowest BCUT2D eigenvalue weighted by atomic mass is 10.2. The lowest BCUT2D eigenvalue weighted by molar-refractivity contribution is 0.572. The molecular weight excluding hydrogens is 320 g/mol. The van der Waals surface area contributed by atoms with E-state index in [9.17, 15) is 13.0 Å². The van der Waals surface area contributed by atoms with Gasteiger partial charge in [0.25, 0.3) is 0 Å². The molecule has 118 valence electrons. The van der Waals surface area contributed by atoms with Gasteiger partial charge in [0.1, 0.15) is 17.9 Å². The van der Waals surface area contributed by atoms with Crippen molar-refractivity contribution < 1.29 is 17.4 Å². The highest BCUT2D eigenvalue weighted by molar-refractivity contribution is 7.83. The first-order chi connectivity index (χ1) is 11.1. The van der Waals surface area contributed by atoms with Crippen molar-refractivity contribution in [2.45, 2.75) is 11.5 Å². The van der Waals surface area contributed by atoms with Crippen molar-refractivity contribution in [2.24, 2.45) is 0 Å². The van der Waals surface area contributed by atoms with Gasteiger partial charge in [-0.2, -0.15) is 0 Å². The number of nitrogens with zero attached hydrogens (tertiary/aromatic N) is 1. The normalized spacial score (nSPS) is 12.3. The Bertz CT molecular complexity index is 831. The fraction of sp³-hybridized carbons (Fsp3) is 0.118. The van der Waals surface area contributed by atoms with Gasteiger partial charge in [-0.3, -0.25) is 4.21 Å². The number of hydrogen-bond acceptors (Lipinski definition) is 3. The highest BCUT2D eigenvalue weighted by Crippen LogP contribution is 2.20. The van der Waals surface area contributed by atoms with E-state index in [-0.39, 0.29) is 23.1 Å². The van der Waals surface area contributed by atoms with Gasteiger partial charge in [-0.25, -0.2) is 13.8 Å². The minimum atomic E-state index is -1.30. The van der Waals surface area contributed by atoms with Gasteiger partial charge in [-0.05, 0) is 30.3 Å². The Labute approximate surface area is 134 Å². The average molecular weight is 333 g/mol. The number of rotatable bonds is 5. The number of benzene rings is 2. The maximum atomic E-state index is 13.5. The Hall–Kier alpha value is -2.34. The second-order valence-corrected chi connectivity index (χ2v) is 6.43. The predicted octanol–water partition coefficient (Wildman–Crippen LogP) is 4.07. The lowest BCUT2D eigenvalue weighted by Crippen LogP contribution is -2.01. The maximum Gasteiger partial charge on any atom is 0.226 e. The molecule has 2 aromatic carbocycles. The zero-order chi connectivity index (χ0) is 16.2. The molecule has 0 fully saturated rings. The van der Waals surface area contributed by atoms with E-state index in [1.807, 2.05) is 0 Å². The molecule has 0 aliphatic carbocycles. The molecule has 0 aliphatic rings. The van der Waals surface area contributed by atoms with Gasteiger partial charge in [-0.15, -0.1) is 0 Å². The van der Waals surface area contributed by atoms with Crippen LogP contribution in [0, 0.1) is 11.6 Å². The van der Waals surface area contributed by atoms with Gasteiger partial charge >= 0.3 is 0 Å². The van der Waals surface area contributed by atoms with Crippen molar-refractivity contribution in [2.75, 3.05) is 0 Å². The fourth-order valence-electron chi connectivity index (χ4n) is 2.10. The summed E-state index contributed by atoms with van der Waals surface area (Å²) in [5, 5.41) is 0. The quantitative estimate of drug-likeness (QED) is 0.707. The van der Waals surface area contributed by atoms with Crippen LogP contribution in [0.25, 0.3) is 11.5 Å². The molecule has 0 N–H and O–H groups in total. The molecule has 0 bridgehead atoms. The van der Waals surface area contributed by atoms with Gasteiger partial charge in [0.05, 0.1) is 17.2 Å². The average Bonchev–Trinajstić information content (AvgIpc) is 2.98. The van der Waals surface area contributed by atoms with E-state index in [0.29, 0.717) is 22.7 Å². The minimum Gasteiger partial charge on any atom is -0.444 e. The summed E-state index contributed by atoms with van der Waals surface area (Å²) in [5.41, 5.74) is 1.56. The Morgan fingerprint density at radius 3 is 2.48 bits per heavy atom. The largest absolute Gasteiger partial charge is 0.444 e. The summed E-state index contributed by atoms with van der Waals surface area (Å²) in [7, 11) is -1.30. The molecule has 3 nitrogen and oxygen atoms in total. The summed E-state index contributed by atoms with van der Waals surface area (Å²) in [4.78, 5) is 4.24. The Morgan fingerprint density at radius 1 is 1.00 bits per heavy atom. The topological polar surface area (TPSA) is 43.1 Å². The maximum absolute atomic E-state index is 13.5. The monoisotopic (exact) mass is 333 g/mol. The van der Waals surface area contributed by atoms with E-state index in [4.69, 9.17) is 4.42 Å². The van der Waals surface area contributed by atoms with Crippen LogP contribution in [0.2, 0.25) is 0 Å². The summed E-state index contributed by atoms with van der Waals surface area (Å²) < 4.78 is 43.9. The predicted molar refractivity (Wildman–Crippen MR) is 83.8 cm³/mol. The molecular formula is C17H13F2NO2S. The third kappa shape index (κ3) is 3.90. The van der Waals surface area contributed by atoms with Crippen molar-refractivity contribution >= 4 is 10.8 Å². The van der Waals surface area contributed by atoms with Crippen molar-refractivity contribution in [3.05, 3.63) is 77.7 Å². The Balaban J connectivity index is 1.68. The molecule has 0 saturated heterocycles. The molecule has 0 spiro atoms. The van der Waals surface area contributed by atoms with Crippen molar-refractivity contribution in [3.8, 4) is 11.5 Å². The van der Waals surface area contributed by atoms with Crippen LogP contribution in [0.3, 0.4) is 0 Å². The number of halogens is 2. The smallest absolute Gasteiger partial charge is 0.226 e. The van der Waals surface area contributed by atoms with Crippen LogP contribution in [-0.2, 0) is 22.3 Å². The second kappa shape index (κ2) is 6.83. The van der Waals surface area contributed by atoms with Crippen LogP contribution in [0.1, 0.15) is 11.3 Å². The molecule has 0 saturated carbocycles. The first kappa shape index (κ1) is 15.6. The SMILES string of the molecule is O=[S@@](Cc1coc(-c2ccc(F)cc2)n1)Cc1ccccc1F. The van der Waals surface area contributed by atoms with Crippen LogP contribution in [0.15, 0.2) is 59.2 Å². The molecule has 23 heavy (non-hydrogen) atoms. The van der Waals surface area contributed by atoms with Crippen LogP contribution >= 0.6 is 0 Å². The molecule has 6 heteroatoms. The first-order valence-corrected chi connectivity index (χ1v) is 8.39. The van der Waals surface area contributed by atoms with Gasteiger partial charge in [-0.1, -0.05) is 18.2 Å². The van der Waals surface area contributed by atoms with E-state index in [2.05, 4.69) is 4.98 Å². The van der Waals surface area contributed by atoms with Crippen LogP contribution in [0.4, 0.5) is 8.78 Å². The molecule has 0 unspecified atom stereocenters. The molecule has 0 aliphatic heterocycles. The first-order valence-electron chi connectivity index (χ1n) is 6.90. The van der Waals surface area contributed by atoms with Gasteiger partial charge in [0, 0.05) is 21.9 Å². The molecule has 1 aromatic heterocycles. The van der Waals surface area contributed by atoms with E-state index < -0.39 is 10.8 Å². The third-order valence-corrected chi connectivity index (χ3v) is 4.48. The number of aromatic nitrogens is 1. The molecule has 1 heterocycles. The van der Waals surface area contributed by atoms with Crippen molar-refractivity contribution in [3.63, 3.8) is 0 Å². The van der Waals surface area contributed by atoms with Gasteiger partial charge < -0.3 is 4.42 Å². The van der Waals surface area contributed by atoms with E-state index in [1.165, 1.54) is 24.5 Å². The third-order valence-electron chi connectivity index (χ3n) is 3.23. The van der Waals surface area contributed by atoms with Crippen LogP contribution in [0.5, 0.6) is 0 Å². The zero-order valence-corrected chi connectivity index (χ0v) is 12.9. The molecule has 1 atom stereocenters. The van der Waals surface area contributed by atoms with Crippen LogP contribution in [-0.4, -0.2) is 9.19 Å². The molecule has 0 radical (unpaired) electrons. The fourth-order valence-corrected chi connectivity index (χ4v) is 3.25. The lowest BCUT2D eigenvalue weighted by Gasteiger charge is -2.01. The van der Waals surface area contributed by atoms with E-state index in [0.717, 1.165) is 0 Å². The summed E-state index contributed by atoms with van der Waals surface area (Å²) in [6, 6.07) is 12.0. The highest BCUT2D eigenvalue weighted by Gasteiger charge is 2.12. The summed E-state index contributed by atoms with van der Waals surface area (Å²) in [5.74, 6) is -0.0906. The van der Waals surface area contributed by atoms with E-state index in [1.54, 1.807) is 30.3 Å². The van der Waals surface area contributed by atoms with Gasteiger partial charge in [0.15, 0.2) is 0 Å². The highest BCUT2D eigenvalue weighted by atomic mass is 32.2. The van der Waals surface area contributed by atoms with E-state index >= 15 is 0 Å². The molecule has 3 aromatic rings. The second-order valence-electron chi connectivity index (χ2n) is 4.97.